The summed E-state index contributed by atoms with van der Waals surface area (Å²) in [7, 11) is 0. The number of aliphatic imine (C=N–C) groups is 1. The SMILES string of the molecule is OCCC1(CN=C(NCCc2ccco2)NCC2CCCCO2)CCOC1. The molecule has 0 spiro atoms. The second-order valence-corrected chi connectivity index (χ2v) is 7.57. The van der Waals surface area contributed by atoms with Crippen molar-refractivity contribution in [2.24, 2.45) is 10.4 Å². The van der Waals surface area contributed by atoms with Gasteiger partial charge in [-0.1, -0.05) is 0 Å². The van der Waals surface area contributed by atoms with E-state index in [1.165, 1.54) is 6.42 Å². The van der Waals surface area contributed by atoms with Crippen LogP contribution >= 0.6 is 0 Å². The molecule has 0 bridgehead atoms. The molecule has 1 aromatic rings. The van der Waals surface area contributed by atoms with Crippen molar-refractivity contribution < 1.29 is 19.0 Å². The Labute approximate surface area is 161 Å². The lowest BCUT2D eigenvalue weighted by molar-refractivity contribution is 0.0194. The molecule has 0 aromatic carbocycles. The van der Waals surface area contributed by atoms with E-state index in [2.05, 4.69) is 10.6 Å². The molecular formula is C20H33N3O4. The van der Waals surface area contributed by atoms with Crippen LogP contribution < -0.4 is 10.6 Å². The zero-order valence-corrected chi connectivity index (χ0v) is 16.1. The Morgan fingerprint density at radius 3 is 2.96 bits per heavy atom. The van der Waals surface area contributed by atoms with Crippen molar-refractivity contribution in [3.8, 4) is 0 Å². The van der Waals surface area contributed by atoms with Crippen LogP contribution in [-0.2, 0) is 15.9 Å². The number of aliphatic hydroxyl groups is 1. The summed E-state index contributed by atoms with van der Waals surface area (Å²) < 4.78 is 16.8. The Balaban J connectivity index is 1.54. The Hall–Kier alpha value is -1.57. The first-order valence-electron chi connectivity index (χ1n) is 10.1. The molecule has 2 saturated heterocycles. The number of rotatable bonds is 9. The van der Waals surface area contributed by atoms with Gasteiger partial charge in [0.1, 0.15) is 5.76 Å². The van der Waals surface area contributed by atoms with E-state index < -0.39 is 0 Å². The van der Waals surface area contributed by atoms with Gasteiger partial charge in [0.2, 0.25) is 0 Å². The summed E-state index contributed by atoms with van der Waals surface area (Å²) in [6.45, 7) is 4.59. The van der Waals surface area contributed by atoms with Gasteiger partial charge in [0, 0.05) is 44.7 Å². The van der Waals surface area contributed by atoms with Crippen molar-refractivity contribution in [3.05, 3.63) is 24.2 Å². The Morgan fingerprint density at radius 2 is 2.26 bits per heavy atom. The summed E-state index contributed by atoms with van der Waals surface area (Å²) >= 11 is 0. The standard InChI is InChI=1S/C20H33N3O4/c24-10-7-20(8-13-25-16-20)15-23-19(21-9-6-17-5-3-12-26-17)22-14-18-4-1-2-11-27-18/h3,5,12,18,24H,1-2,4,6-11,13-16H2,(H2,21,22,23). The molecule has 2 aliphatic rings. The highest BCUT2D eigenvalue weighted by atomic mass is 16.5. The predicted molar refractivity (Wildman–Crippen MR) is 104 cm³/mol. The average molecular weight is 380 g/mol. The summed E-state index contributed by atoms with van der Waals surface area (Å²) in [4.78, 5) is 4.82. The first-order valence-corrected chi connectivity index (χ1v) is 10.1. The van der Waals surface area contributed by atoms with Crippen molar-refractivity contribution in [2.75, 3.05) is 46.1 Å². The van der Waals surface area contributed by atoms with E-state index in [0.29, 0.717) is 13.2 Å². The van der Waals surface area contributed by atoms with Crippen molar-refractivity contribution in [1.29, 1.82) is 0 Å². The van der Waals surface area contributed by atoms with E-state index in [1.54, 1.807) is 6.26 Å². The molecule has 27 heavy (non-hydrogen) atoms. The summed E-state index contributed by atoms with van der Waals surface area (Å²) in [6.07, 6.45) is 7.89. The van der Waals surface area contributed by atoms with Crippen LogP contribution in [0.2, 0.25) is 0 Å². The van der Waals surface area contributed by atoms with Gasteiger partial charge < -0.3 is 29.6 Å². The third kappa shape index (κ3) is 6.52. The van der Waals surface area contributed by atoms with Gasteiger partial charge in [-0.25, -0.2) is 0 Å². The largest absolute Gasteiger partial charge is 0.469 e. The maximum Gasteiger partial charge on any atom is 0.191 e. The first kappa shape index (κ1) is 20.2. The number of aliphatic hydroxyl groups excluding tert-OH is 1. The topological polar surface area (TPSA) is 88.3 Å². The van der Waals surface area contributed by atoms with Gasteiger partial charge in [-0.2, -0.15) is 0 Å². The average Bonchev–Trinajstić information content (AvgIpc) is 3.37. The second kappa shape index (κ2) is 10.7. The van der Waals surface area contributed by atoms with Crippen molar-refractivity contribution in [1.82, 2.24) is 10.6 Å². The van der Waals surface area contributed by atoms with Crippen molar-refractivity contribution in [2.45, 2.75) is 44.6 Å². The lowest BCUT2D eigenvalue weighted by Gasteiger charge is -2.26. The van der Waals surface area contributed by atoms with Gasteiger partial charge in [-0.05, 0) is 44.2 Å². The number of furan rings is 1. The zero-order valence-electron chi connectivity index (χ0n) is 16.1. The molecule has 0 amide bonds. The molecule has 2 fully saturated rings. The van der Waals surface area contributed by atoms with Gasteiger partial charge >= 0.3 is 0 Å². The van der Waals surface area contributed by atoms with E-state index in [-0.39, 0.29) is 18.1 Å². The highest BCUT2D eigenvalue weighted by molar-refractivity contribution is 5.79. The minimum absolute atomic E-state index is 0.0499. The fourth-order valence-corrected chi connectivity index (χ4v) is 3.65. The van der Waals surface area contributed by atoms with E-state index in [9.17, 15) is 5.11 Å². The maximum atomic E-state index is 9.42. The minimum Gasteiger partial charge on any atom is -0.469 e. The Morgan fingerprint density at radius 1 is 1.30 bits per heavy atom. The van der Waals surface area contributed by atoms with Crippen LogP contribution in [0, 0.1) is 5.41 Å². The van der Waals surface area contributed by atoms with Crippen LogP contribution in [0.1, 0.15) is 37.9 Å². The number of hydrogen-bond donors (Lipinski definition) is 3. The molecule has 0 radical (unpaired) electrons. The number of guanidine groups is 1. The molecule has 2 atom stereocenters. The molecule has 3 rings (SSSR count). The molecule has 2 aliphatic heterocycles. The van der Waals surface area contributed by atoms with Gasteiger partial charge in [-0.15, -0.1) is 0 Å². The first-order chi connectivity index (χ1) is 13.3. The summed E-state index contributed by atoms with van der Waals surface area (Å²) in [5.74, 6) is 1.75. The van der Waals surface area contributed by atoms with E-state index in [1.807, 2.05) is 12.1 Å². The number of nitrogens with one attached hydrogen (secondary N) is 2. The maximum absolute atomic E-state index is 9.42. The minimum atomic E-state index is -0.0499. The van der Waals surface area contributed by atoms with Crippen LogP contribution in [-0.4, -0.2) is 63.2 Å². The second-order valence-electron chi connectivity index (χ2n) is 7.57. The third-order valence-corrected chi connectivity index (χ3v) is 5.41. The van der Waals surface area contributed by atoms with Crippen LogP contribution in [0.3, 0.4) is 0 Å². The third-order valence-electron chi connectivity index (χ3n) is 5.41. The molecule has 152 valence electrons. The number of nitrogens with zero attached hydrogens (tertiary/aromatic N) is 1. The lowest BCUT2D eigenvalue weighted by Crippen LogP contribution is -2.44. The highest BCUT2D eigenvalue weighted by Gasteiger charge is 2.34. The number of ether oxygens (including phenoxy) is 2. The smallest absolute Gasteiger partial charge is 0.191 e. The number of hydrogen-bond acceptors (Lipinski definition) is 5. The monoisotopic (exact) mass is 379 g/mol. The van der Waals surface area contributed by atoms with Crippen LogP contribution in [0.4, 0.5) is 0 Å². The van der Waals surface area contributed by atoms with Crippen molar-refractivity contribution in [3.63, 3.8) is 0 Å². The molecule has 1 aromatic heterocycles. The van der Waals surface area contributed by atoms with E-state index in [4.69, 9.17) is 18.9 Å². The quantitative estimate of drug-likeness (QED) is 0.447. The fourth-order valence-electron chi connectivity index (χ4n) is 3.65. The van der Waals surface area contributed by atoms with Gasteiger partial charge in [0.05, 0.1) is 25.5 Å². The van der Waals surface area contributed by atoms with E-state index >= 15 is 0 Å². The summed E-state index contributed by atoms with van der Waals surface area (Å²) in [5, 5.41) is 16.2. The van der Waals surface area contributed by atoms with Crippen LogP contribution in [0.5, 0.6) is 0 Å². The van der Waals surface area contributed by atoms with Crippen molar-refractivity contribution >= 4 is 5.96 Å². The normalized spacial score (nSPS) is 26.3. The highest BCUT2D eigenvalue weighted by Crippen LogP contribution is 2.32. The van der Waals surface area contributed by atoms with E-state index in [0.717, 1.165) is 70.1 Å². The van der Waals surface area contributed by atoms with Crippen LogP contribution in [0.15, 0.2) is 27.8 Å². The Kier molecular flexibility index (Phi) is 7.98. The van der Waals surface area contributed by atoms with Gasteiger partial charge in [-0.3, -0.25) is 4.99 Å². The molecule has 3 N–H and O–H groups in total. The molecule has 0 saturated carbocycles. The summed E-state index contributed by atoms with van der Waals surface area (Å²) in [6, 6.07) is 3.88. The molecular weight excluding hydrogens is 346 g/mol. The summed E-state index contributed by atoms with van der Waals surface area (Å²) in [5.41, 5.74) is -0.0499. The molecule has 7 heteroatoms. The Bertz CT molecular complexity index is 550. The molecule has 7 nitrogen and oxygen atoms in total. The zero-order chi connectivity index (χ0) is 18.8. The molecule has 2 unspecified atom stereocenters. The van der Waals surface area contributed by atoms with Crippen LogP contribution in [0.25, 0.3) is 0 Å². The van der Waals surface area contributed by atoms with Gasteiger partial charge in [0.25, 0.3) is 0 Å². The lowest BCUT2D eigenvalue weighted by atomic mass is 9.84. The predicted octanol–water partition coefficient (Wildman–Crippen LogP) is 1.72. The van der Waals surface area contributed by atoms with Gasteiger partial charge in [0.15, 0.2) is 5.96 Å². The molecule has 3 heterocycles. The fraction of sp³-hybridized carbons (Fsp3) is 0.750. The molecule has 0 aliphatic carbocycles.